The molecule has 0 radical (unpaired) electrons. The predicted octanol–water partition coefficient (Wildman–Crippen LogP) is 4.24. The number of nitrogens with zero attached hydrogens (tertiary/aromatic N) is 3. The van der Waals surface area contributed by atoms with Gasteiger partial charge in [0.05, 0.1) is 26.8 Å². The Hall–Kier alpha value is -3.23. The Balaban J connectivity index is 1.82. The van der Waals surface area contributed by atoms with Crippen LogP contribution in [0, 0.1) is 0 Å². The predicted molar refractivity (Wildman–Crippen MR) is 105 cm³/mol. The third kappa shape index (κ3) is 3.55. The molecule has 0 atom stereocenters. The zero-order valence-corrected chi connectivity index (χ0v) is 16.7. The Bertz CT molecular complexity index is 1100. The van der Waals surface area contributed by atoms with E-state index in [1.807, 2.05) is 17.0 Å². The van der Waals surface area contributed by atoms with Gasteiger partial charge in [0.1, 0.15) is 11.6 Å². The minimum atomic E-state index is -4.65. The highest BCUT2D eigenvalue weighted by Gasteiger charge is 2.36. The summed E-state index contributed by atoms with van der Waals surface area (Å²) in [5.41, 5.74) is 2.23. The topological polar surface area (TPSA) is 56.7 Å². The van der Waals surface area contributed by atoms with Crippen molar-refractivity contribution in [1.29, 1.82) is 0 Å². The fraction of sp³-hybridized carbons (Fsp3) is 0.333. The SMILES string of the molecule is COc1ccc2nc(C(F)(F)F)nc(N3CCc4cc(OC)c(OC)cc4C3)c2c1. The van der Waals surface area contributed by atoms with Crippen LogP contribution < -0.4 is 19.1 Å². The van der Waals surface area contributed by atoms with Gasteiger partial charge in [0.2, 0.25) is 5.82 Å². The van der Waals surface area contributed by atoms with Crippen LogP contribution in [0.1, 0.15) is 17.0 Å². The van der Waals surface area contributed by atoms with E-state index in [2.05, 4.69) is 9.97 Å². The van der Waals surface area contributed by atoms with Crippen molar-refractivity contribution in [2.24, 2.45) is 0 Å². The number of anilines is 1. The molecule has 4 rings (SSSR count). The van der Waals surface area contributed by atoms with Gasteiger partial charge in [-0.25, -0.2) is 9.97 Å². The molecular weight excluding hydrogens is 399 g/mol. The van der Waals surface area contributed by atoms with Crippen LogP contribution in [0.2, 0.25) is 0 Å². The van der Waals surface area contributed by atoms with Crippen molar-refractivity contribution in [1.82, 2.24) is 9.97 Å². The molecule has 30 heavy (non-hydrogen) atoms. The summed E-state index contributed by atoms with van der Waals surface area (Å²) < 4.78 is 56.3. The maximum atomic E-state index is 13.4. The van der Waals surface area contributed by atoms with Crippen LogP contribution >= 0.6 is 0 Å². The minimum absolute atomic E-state index is 0.214. The number of methoxy groups -OCH3 is 3. The van der Waals surface area contributed by atoms with E-state index < -0.39 is 12.0 Å². The highest BCUT2D eigenvalue weighted by Crippen LogP contribution is 2.37. The van der Waals surface area contributed by atoms with Crippen LogP contribution in [0.4, 0.5) is 19.0 Å². The molecule has 1 aromatic heterocycles. The number of halogens is 3. The van der Waals surface area contributed by atoms with E-state index in [4.69, 9.17) is 14.2 Å². The molecule has 2 aromatic carbocycles. The number of hydrogen-bond acceptors (Lipinski definition) is 6. The molecule has 0 saturated heterocycles. The molecule has 1 aliphatic heterocycles. The van der Waals surface area contributed by atoms with Gasteiger partial charge in [-0.2, -0.15) is 13.2 Å². The van der Waals surface area contributed by atoms with Crippen LogP contribution in [0.5, 0.6) is 17.2 Å². The van der Waals surface area contributed by atoms with Crippen LogP contribution in [-0.4, -0.2) is 37.8 Å². The van der Waals surface area contributed by atoms with Gasteiger partial charge in [0.15, 0.2) is 11.5 Å². The summed E-state index contributed by atoms with van der Waals surface area (Å²) in [6, 6.07) is 8.53. The van der Waals surface area contributed by atoms with Gasteiger partial charge >= 0.3 is 6.18 Å². The molecule has 0 bridgehead atoms. The van der Waals surface area contributed by atoms with Crippen molar-refractivity contribution in [3.63, 3.8) is 0 Å². The number of hydrogen-bond donors (Lipinski definition) is 0. The van der Waals surface area contributed by atoms with E-state index in [0.29, 0.717) is 42.1 Å². The van der Waals surface area contributed by atoms with Crippen LogP contribution in [-0.2, 0) is 19.1 Å². The molecule has 0 saturated carbocycles. The highest BCUT2D eigenvalue weighted by atomic mass is 19.4. The van der Waals surface area contributed by atoms with Gasteiger partial charge in [-0.05, 0) is 47.9 Å². The maximum Gasteiger partial charge on any atom is 0.451 e. The van der Waals surface area contributed by atoms with Crippen molar-refractivity contribution >= 4 is 16.7 Å². The maximum absolute atomic E-state index is 13.4. The normalized spacial score (nSPS) is 13.9. The van der Waals surface area contributed by atoms with E-state index in [9.17, 15) is 13.2 Å². The Morgan fingerprint density at radius 3 is 2.23 bits per heavy atom. The fourth-order valence-electron chi connectivity index (χ4n) is 3.65. The quantitative estimate of drug-likeness (QED) is 0.631. The van der Waals surface area contributed by atoms with Crippen LogP contribution in [0.25, 0.3) is 10.9 Å². The van der Waals surface area contributed by atoms with E-state index in [-0.39, 0.29) is 11.3 Å². The largest absolute Gasteiger partial charge is 0.497 e. The Morgan fingerprint density at radius 2 is 1.60 bits per heavy atom. The van der Waals surface area contributed by atoms with Gasteiger partial charge in [0.25, 0.3) is 0 Å². The van der Waals surface area contributed by atoms with E-state index in [1.165, 1.54) is 13.2 Å². The molecule has 3 aromatic rings. The first kappa shape index (κ1) is 20.1. The lowest BCUT2D eigenvalue weighted by Gasteiger charge is -2.31. The van der Waals surface area contributed by atoms with Crippen molar-refractivity contribution in [2.75, 3.05) is 32.8 Å². The molecule has 1 aliphatic rings. The zero-order chi connectivity index (χ0) is 21.5. The number of benzene rings is 2. The Labute approximate surface area is 171 Å². The summed E-state index contributed by atoms with van der Waals surface area (Å²) in [5, 5.41) is 0.506. The van der Waals surface area contributed by atoms with Crippen molar-refractivity contribution in [2.45, 2.75) is 19.1 Å². The molecular formula is C21H20F3N3O3. The monoisotopic (exact) mass is 419 g/mol. The van der Waals surface area contributed by atoms with Gasteiger partial charge < -0.3 is 19.1 Å². The molecule has 6 nitrogen and oxygen atoms in total. The third-order valence-electron chi connectivity index (χ3n) is 5.15. The van der Waals surface area contributed by atoms with Gasteiger partial charge in [0, 0.05) is 18.5 Å². The fourth-order valence-corrected chi connectivity index (χ4v) is 3.65. The summed E-state index contributed by atoms with van der Waals surface area (Å²) >= 11 is 0. The summed E-state index contributed by atoms with van der Waals surface area (Å²) in [4.78, 5) is 9.44. The molecule has 0 unspecified atom stereocenters. The zero-order valence-electron chi connectivity index (χ0n) is 16.7. The standard InChI is InChI=1S/C21H20F3N3O3/c1-28-14-4-5-16-15(10-14)19(26-20(25-16)21(22,23)24)27-7-6-12-8-17(29-2)18(30-3)9-13(12)11-27/h4-5,8-10H,6-7,11H2,1-3H3. The first-order chi connectivity index (χ1) is 14.3. The first-order valence-electron chi connectivity index (χ1n) is 9.25. The number of ether oxygens (including phenoxy) is 3. The Morgan fingerprint density at radius 1 is 0.900 bits per heavy atom. The molecule has 0 N–H and O–H groups in total. The summed E-state index contributed by atoms with van der Waals surface area (Å²) in [6.45, 7) is 0.888. The Kier molecular flexibility index (Phi) is 5.05. The van der Waals surface area contributed by atoms with Gasteiger partial charge in [-0.1, -0.05) is 0 Å². The lowest BCUT2D eigenvalue weighted by molar-refractivity contribution is -0.144. The average Bonchev–Trinajstić information content (AvgIpc) is 2.75. The second-order valence-corrected chi connectivity index (χ2v) is 6.90. The van der Waals surface area contributed by atoms with Crippen molar-refractivity contribution in [3.05, 3.63) is 47.3 Å². The van der Waals surface area contributed by atoms with Gasteiger partial charge in [-0.15, -0.1) is 0 Å². The minimum Gasteiger partial charge on any atom is -0.497 e. The number of aromatic nitrogens is 2. The summed E-state index contributed by atoms with van der Waals surface area (Å²) in [7, 11) is 4.62. The van der Waals surface area contributed by atoms with Crippen molar-refractivity contribution in [3.8, 4) is 17.2 Å². The molecule has 158 valence electrons. The number of fused-ring (bicyclic) bond motifs is 2. The first-order valence-corrected chi connectivity index (χ1v) is 9.25. The molecule has 0 amide bonds. The smallest absolute Gasteiger partial charge is 0.451 e. The highest BCUT2D eigenvalue weighted by molar-refractivity contribution is 5.91. The molecule has 0 fully saturated rings. The molecule has 0 spiro atoms. The van der Waals surface area contributed by atoms with Crippen LogP contribution in [0.15, 0.2) is 30.3 Å². The van der Waals surface area contributed by atoms with E-state index in [0.717, 1.165) is 11.1 Å². The average molecular weight is 419 g/mol. The number of rotatable bonds is 4. The molecule has 0 aliphatic carbocycles. The lowest BCUT2D eigenvalue weighted by atomic mass is 9.98. The number of alkyl halides is 3. The van der Waals surface area contributed by atoms with Gasteiger partial charge in [-0.3, -0.25) is 0 Å². The van der Waals surface area contributed by atoms with Crippen LogP contribution in [0.3, 0.4) is 0 Å². The third-order valence-corrected chi connectivity index (χ3v) is 5.15. The molecule has 2 heterocycles. The van der Waals surface area contributed by atoms with E-state index >= 15 is 0 Å². The molecule has 9 heteroatoms. The second-order valence-electron chi connectivity index (χ2n) is 6.90. The second kappa shape index (κ2) is 7.55. The summed E-state index contributed by atoms with van der Waals surface area (Å²) in [6.07, 6.45) is -4.01. The lowest BCUT2D eigenvalue weighted by Crippen LogP contribution is -2.32. The van der Waals surface area contributed by atoms with E-state index in [1.54, 1.807) is 26.4 Å². The summed E-state index contributed by atoms with van der Waals surface area (Å²) in [5.74, 6) is 0.792. The van der Waals surface area contributed by atoms with Crippen molar-refractivity contribution < 1.29 is 27.4 Å².